The van der Waals surface area contributed by atoms with Gasteiger partial charge in [-0.05, 0) is 19.3 Å². The lowest BCUT2D eigenvalue weighted by molar-refractivity contribution is -0.121. The van der Waals surface area contributed by atoms with Gasteiger partial charge in [0.15, 0.2) is 6.29 Å². The van der Waals surface area contributed by atoms with Crippen molar-refractivity contribution in [1.82, 2.24) is 5.32 Å². The molecule has 0 saturated carbocycles. The van der Waals surface area contributed by atoms with Crippen molar-refractivity contribution in [3.63, 3.8) is 0 Å². The average Bonchev–Trinajstić information content (AvgIpc) is 2.33. The molecule has 0 rings (SSSR count). The van der Waals surface area contributed by atoms with Gasteiger partial charge < -0.3 is 5.32 Å². The highest BCUT2D eigenvalue weighted by Gasteiger charge is 1.99. The SMILES string of the molecule is CCCCCCCC(=O)NCCCCC[C]=O. The van der Waals surface area contributed by atoms with E-state index in [0.717, 1.165) is 38.6 Å². The summed E-state index contributed by atoms with van der Waals surface area (Å²) in [5.74, 6) is 0.170. The summed E-state index contributed by atoms with van der Waals surface area (Å²) < 4.78 is 0. The first-order chi connectivity index (χ1) is 8.31. The molecule has 0 aromatic rings. The van der Waals surface area contributed by atoms with Crippen molar-refractivity contribution in [1.29, 1.82) is 0 Å². The monoisotopic (exact) mass is 240 g/mol. The molecule has 1 radical (unpaired) electrons. The van der Waals surface area contributed by atoms with Gasteiger partial charge in [0.2, 0.25) is 5.91 Å². The van der Waals surface area contributed by atoms with Gasteiger partial charge in [-0.3, -0.25) is 9.59 Å². The molecule has 0 atom stereocenters. The molecule has 0 unspecified atom stereocenters. The lowest BCUT2D eigenvalue weighted by Crippen LogP contribution is -2.23. The lowest BCUT2D eigenvalue weighted by Gasteiger charge is -2.04. The average molecular weight is 240 g/mol. The first-order valence-electron chi connectivity index (χ1n) is 6.93. The van der Waals surface area contributed by atoms with Gasteiger partial charge >= 0.3 is 0 Å². The number of rotatable bonds is 12. The smallest absolute Gasteiger partial charge is 0.219 e. The van der Waals surface area contributed by atoms with Gasteiger partial charge in [0.05, 0.1) is 0 Å². The van der Waals surface area contributed by atoms with E-state index in [9.17, 15) is 9.59 Å². The predicted octanol–water partition coefficient (Wildman–Crippen LogP) is 3.13. The number of amides is 1. The number of hydrogen-bond acceptors (Lipinski definition) is 2. The zero-order valence-electron chi connectivity index (χ0n) is 11.1. The first-order valence-corrected chi connectivity index (χ1v) is 6.93. The number of carbonyl (C=O) groups is 1. The summed E-state index contributed by atoms with van der Waals surface area (Å²) in [6, 6.07) is 0. The second-order valence-corrected chi connectivity index (χ2v) is 4.47. The van der Waals surface area contributed by atoms with Crippen molar-refractivity contribution in [2.24, 2.45) is 0 Å². The van der Waals surface area contributed by atoms with Gasteiger partial charge in [0.25, 0.3) is 0 Å². The number of unbranched alkanes of at least 4 members (excludes halogenated alkanes) is 7. The van der Waals surface area contributed by atoms with Crippen LogP contribution in [-0.4, -0.2) is 18.7 Å². The van der Waals surface area contributed by atoms with Crippen molar-refractivity contribution in [3.8, 4) is 0 Å². The Labute approximate surface area is 105 Å². The Morgan fingerprint density at radius 1 is 1.00 bits per heavy atom. The van der Waals surface area contributed by atoms with Crippen molar-refractivity contribution >= 4 is 12.2 Å². The topological polar surface area (TPSA) is 46.2 Å². The molecule has 0 saturated heterocycles. The van der Waals surface area contributed by atoms with Crippen molar-refractivity contribution < 1.29 is 9.59 Å². The fourth-order valence-corrected chi connectivity index (χ4v) is 1.70. The highest BCUT2D eigenvalue weighted by molar-refractivity contribution is 5.75. The van der Waals surface area contributed by atoms with Gasteiger partial charge in [0, 0.05) is 19.4 Å². The van der Waals surface area contributed by atoms with E-state index in [4.69, 9.17) is 0 Å². The zero-order valence-corrected chi connectivity index (χ0v) is 11.1. The van der Waals surface area contributed by atoms with Crippen molar-refractivity contribution in [3.05, 3.63) is 0 Å². The summed E-state index contributed by atoms with van der Waals surface area (Å²) in [5.41, 5.74) is 0. The Kier molecular flexibility index (Phi) is 12.5. The van der Waals surface area contributed by atoms with Gasteiger partial charge in [0.1, 0.15) is 0 Å². The molecule has 3 heteroatoms. The van der Waals surface area contributed by atoms with E-state index < -0.39 is 0 Å². The van der Waals surface area contributed by atoms with Gasteiger partial charge in [-0.1, -0.05) is 39.0 Å². The maximum Gasteiger partial charge on any atom is 0.219 e. The summed E-state index contributed by atoms with van der Waals surface area (Å²) in [6.07, 6.45) is 11.8. The van der Waals surface area contributed by atoms with E-state index in [-0.39, 0.29) is 5.91 Å². The Morgan fingerprint density at radius 2 is 1.71 bits per heavy atom. The minimum absolute atomic E-state index is 0.170. The molecular formula is C14H26NO2. The van der Waals surface area contributed by atoms with E-state index >= 15 is 0 Å². The Balaban J connectivity index is 3.14. The molecule has 0 bridgehead atoms. The van der Waals surface area contributed by atoms with Gasteiger partial charge in [-0.15, -0.1) is 0 Å². The summed E-state index contributed by atoms with van der Waals surface area (Å²) >= 11 is 0. The van der Waals surface area contributed by atoms with Gasteiger partial charge in [-0.25, -0.2) is 0 Å². The van der Waals surface area contributed by atoms with Crippen LogP contribution in [0.25, 0.3) is 0 Å². The number of carbonyl (C=O) groups excluding carboxylic acids is 2. The zero-order chi connectivity index (χ0) is 12.8. The second-order valence-electron chi connectivity index (χ2n) is 4.47. The maximum absolute atomic E-state index is 11.4. The van der Waals surface area contributed by atoms with Crippen LogP contribution in [0.1, 0.15) is 71.1 Å². The van der Waals surface area contributed by atoms with Gasteiger partial charge in [-0.2, -0.15) is 0 Å². The summed E-state index contributed by atoms with van der Waals surface area (Å²) in [4.78, 5) is 21.3. The lowest BCUT2D eigenvalue weighted by atomic mass is 10.1. The largest absolute Gasteiger partial charge is 0.356 e. The van der Waals surface area contributed by atoms with Crippen LogP contribution in [0.5, 0.6) is 0 Å². The molecule has 0 fully saturated rings. The summed E-state index contributed by atoms with van der Waals surface area (Å²) in [6.45, 7) is 2.93. The van der Waals surface area contributed by atoms with E-state index in [2.05, 4.69) is 12.2 Å². The fraction of sp³-hybridized carbons (Fsp3) is 0.857. The molecule has 0 spiro atoms. The molecule has 99 valence electrons. The molecule has 1 amide bonds. The standard InChI is InChI=1S/C14H26NO2/c1-2-3-4-5-8-11-14(17)15-12-9-6-7-10-13-16/h2-12H2,1H3,(H,15,17). The van der Waals surface area contributed by atoms with E-state index in [1.54, 1.807) is 0 Å². The Hall–Kier alpha value is -0.860. The van der Waals surface area contributed by atoms with E-state index in [1.807, 2.05) is 6.29 Å². The quantitative estimate of drug-likeness (QED) is 0.533. The highest BCUT2D eigenvalue weighted by atomic mass is 16.1. The normalized spacial score (nSPS) is 10.2. The van der Waals surface area contributed by atoms with Crippen LogP contribution in [-0.2, 0) is 9.59 Å². The maximum atomic E-state index is 11.4. The molecule has 0 aliphatic carbocycles. The van der Waals surface area contributed by atoms with Crippen molar-refractivity contribution in [2.75, 3.05) is 6.54 Å². The number of nitrogens with one attached hydrogen (secondary N) is 1. The third-order valence-corrected chi connectivity index (χ3v) is 2.79. The van der Waals surface area contributed by atoms with E-state index in [1.165, 1.54) is 19.3 Å². The van der Waals surface area contributed by atoms with Crippen LogP contribution < -0.4 is 5.32 Å². The summed E-state index contributed by atoms with van der Waals surface area (Å²) in [5, 5.41) is 2.91. The third kappa shape index (κ3) is 13.1. The van der Waals surface area contributed by atoms with Crippen LogP contribution >= 0.6 is 0 Å². The molecule has 0 aromatic carbocycles. The fourth-order valence-electron chi connectivity index (χ4n) is 1.70. The molecule has 0 heterocycles. The molecule has 1 N–H and O–H groups in total. The van der Waals surface area contributed by atoms with Crippen LogP contribution in [0.2, 0.25) is 0 Å². The number of hydrogen-bond donors (Lipinski definition) is 1. The van der Waals surface area contributed by atoms with Crippen LogP contribution in [0.4, 0.5) is 0 Å². The minimum atomic E-state index is 0.170. The van der Waals surface area contributed by atoms with Crippen molar-refractivity contribution in [2.45, 2.75) is 71.1 Å². The first kappa shape index (κ1) is 16.1. The molecule has 0 aliphatic rings. The van der Waals surface area contributed by atoms with Crippen LogP contribution in [0.15, 0.2) is 0 Å². The molecular weight excluding hydrogens is 214 g/mol. The predicted molar refractivity (Wildman–Crippen MR) is 70.5 cm³/mol. The Bertz CT molecular complexity index is 193. The Morgan fingerprint density at radius 3 is 2.41 bits per heavy atom. The van der Waals surface area contributed by atoms with Crippen LogP contribution in [0.3, 0.4) is 0 Å². The highest BCUT2D eigenvalue weighted by Crippen LogP contribution is 2.04. The molecule has 3 nitrogen and oxygen atoms in total. The van der Waals surface area contributed by atoms with Crippen LogP contribution in [0, 0.1) is 0 Å². The minimum Gasteiger partial charge on any atom is -0.356 e. The van der Waals surface area contributed by atoms with E-state index in [0.29, 0.717) is 12.8 Å². The molecule has 17 heavy (non-hydrogen) atoms. The third-order valence-electron chi connectivity index (χ3n) is 2.79. The summed E-state index contributed by atoms with van der Waals surface area (Å²) in [7, 11) is 0. The molecule has 0 aliphatic heterocycles. The molecule has 0 aromatic heterocycles. The second kappa shape index (κ2) is 13.2.